The smallest absolute Gasteiger partial charge is 0.127 e. The van der Waals surface area contributed by atoms with Crippen LogP contribution in [0.3, 0.4) is 0 Å². The van der Waals surface area contributed by atoms with Gasteiger partial charge in [-0.05, 0) is 18.2 Å². The first kappa shape index (κ1) is 16.4. The average molecular weight is 295 g/mol. The van der Waals surface area contributed by atoms with E-state index in [2.05, 4.69) is 42.9 Å². The number of nitrogen functional groups attached to an aromatic ring is 1. The molecule has 20 heavy (non-hydrogen) atoms. The Balaban J connectivity index is 0.00000200. The zero-order valence-electron chi connectivity index (χ0n) is 12.7. The fraction of sp³-hybridized carbons (Fsp3) is 0.400. The van der Waals surface area contributed by atoms with E-state index in [-0.39, 0.29) is 17.8 Å². The van der Waals surface area contributed by atoms with Crippen LogP contribution in [0.25, 0.3) is 5.69 Å². The summed E-state index contributed by atoms with van der Waals surface area (Å²) in [4.78, 5) is 2.06. The summed E-state index contributed by atoms with van der Waals surface area (Å²) in [7, 11) is 4.04. The van der Waals surface area contributed by atoms with Crippen molar-refractivity contribution in [1.29, 1.82) is 0 Å². The van der Waals surface area contributed by atoms with Gasteiger partial charge in [0.15, 0.2) is 0 Å². The first-order valence-electron chi connectivity index (χ1n) is 6.43. The molecule has 0 saturated carbocycles. The molecule has 1 aromatic carbocycles. The lowest BCUT2D eigenvalue weighted by Crippen LogP contribution is -2.13. The summed E-state index contributed by atoms with van der Waals surface area (Å²) in [5, 5.41) is 4.62. The van der Waals surface area contributed by atoms with E-state index in [9.17, 15) is 0 Å². The molecule has 0 aliphatic heterocycles. The van der Waals surface area contributed by atoms with Crippen LogP contribution in [-0.4, -0.2) is 23.9 Å². The van der Waals surface area contributed by atoms with E-state index in [1.807, 2.05) is 32.3 Å². The highest BCUT2D eigenvalue weighted by Crippen LogP contribution is 2.25. The van der Waals surface area contributed by atoms with Crippen molar-refractivity contribution < 1.29 is 0 Å². The largest absolute Gasteiger partial charge is 0.384 e. The molecule has 1 heterocycles. The lowest BCUT2D eigenvalue weighted by molar-refractivity contribution is 0.560. The summed E-state index contributed by atoms with van der Waals surface area (Å²) in [6, 6.07) is 10.1. The molecule has 0 amide bonds. The predicted molar refractivity (Wildman–Crippen MR) is 88.3 cm³/mol. The van der Waals surface area contributed by atoms with E-state index in [4.69, 9.17) is 5.73 Å². The van der Waals surface area contributed by atoms with E-state index in [1.54, 1.807) is 4.68 Å². The normalized spacial score (nSPS) is 11.1. The lowest BCUT2D eigenvalue weighted by atomic mass is 9.92. The summed E-state index contributed by atoms with van der Waals surface area (Å²) >= 11 is 0. The number of nitrogens with zero attached hydrogens (tertiary/aromatic N) is 3. The Bertz CT molecular complexity index is 582. The maximum Gasteiger partial charge on any atom is 0.127 e. The molecule has 4 nitrogen and oxygen atoms in total. The number of anilines is 2. The van der Waals surface area contributed by atoms with Crippen molar-refractivity contribution >= 4 is 23.9 Å². The number of nitrogens with two attached hydrogens (primary N) is 1. The molecule has 5 heteroatoms. The molecule has 2 N–H and O–H groups in total. The fourth-order valence-electron chi connectivity index (χ4n) is 1.87. The molecule has 0 saturated heterocycles. The zero-order valence-corrected chi connectivity index (χ0v) is 13.5. The minimum absolute atomic E-state index is 0. The van der Waals surface area contributed by atoms with Crippen LogP contribution in [0.5, 0.6) is 0 Å². The van der Waals surface area contributed by atoms with E-state index in [0.29, 0.717) is 5.82 Å². The number of hydrogen-bond donors (Lipinski definition) is 1. The van der Waals surface area contributed by atoms with Gasteiger partial charge >= 0.3 is 0 Å². The molecule has 0 radical (unpaired) electrons. The van der Waals surface area contributed by atoms with Gasteiger partial charge in [0.2, 0.25) is 0 Å². The number of aromatic nitrogens is 2. The van der Waals surface area contributed by atoms with E-state index >= 15 is 0 Å². The van der Waals surface area contributed by atoms with Crippen LogP contribution in [0.15, 0.2) is 30.3 Å². The predicted octanol–water partition coefficient (Wildman–Crippen LogP) is 3.24. The van der Waals surface area contributed by atoms with Crippen LogP contribution in [-0.2, 0) is 5.41 Å². The molecule has 0 spiro atoms. The van der Waals surface area contributed by atoms with Gasteiger partial charge in [-0.15, -0.1) is 12.4 Å². The maximum absolute atomic E-state index is 6.08. The van der Waals surface area contributed by atoms with Gasteiger partial charge < -0.3 is 10.6 Å². The van der Waals surface area contributed by atoms with Crippen molar-refractivity contribution in [3.8, 4) is 5.69 Å². The topological polar surface area (TPSA) is 47.1 Å². The molecule has 1 aromatic heterocycles. The molecule has 0 bridgehead atoms. The van der Waals surface area contributed by atoms with Crippen LogP contribution in [0.1, 0.15) is 26.5 Å². The van der Waals surface area contributed by atoms with Crippen LogP contribution in [0.2, 0.25) is 0 Å². The molecule has 0 unspecified atom stereocenters. The van der Waals surface area contributed by atoms with Crippen molar-refractivity contribution in [3.05, 3.63) is 36.0 Å². The van der Waals surface area contributed by atoms with Crippen molar-refractivity contribution in [1.82, 2.24) is 9.78 Å². The molecule has 2 rings (SSSR count). The van der Waals surface area contributed by atoms with Gasteiger partial charge in [-0.1, -0.05) is 26.8 Å². The standard InChI is InChI=1S/C15H22N4.ClH/c1-15(2,3)13-10-14(16)19(17-13)12-8-6-7-11(9-12)18(4)5;/h6-10H,16H2,1-5H3;1H. The molecular weight excluding hydrogens is 272 g/mol. The Kier molecular flexibility index (Phi) is 4.71. The van der Waals surface area contributed by atoms with E-state index < -0.39 is 0 Å². The Morgan fingerprint density at radius 2 is 1.80 bits per heavy atom. The van der Waals surface area contributed by atoms with Gasteiger partial charge in [0, 0.05) is 31.3 Å². The van der Waals surface area contributed by atoms with Crippen LogP contribution >= 0.6 is 12.4 Å². The highest BCUT2D eigenvalue weighted by atomic mass is 35.5. The SMILES string of the molecule is CN(C)c1cccc(-n2nc(C(C)(C)C)cc2N)c1.Cl. The molecule has 110 valence electrons. The van der Waals surface area contributed by atoms with Crippen LogP contribution in [0, 0.1) is 0 Å². The van der Waals surface area contributed by atoms with E-state index in [1.165, 1.54) is 0 Å². The molecule has 0 aliphatic carbocycles. The maximum atomic E-state index is 6.08. The van der Waals surface area contributed by atoms with E-state index in [0.717, 1.165) is 17.1 Å². The molecule has 0 fully saturated rings. The third kappa shape index (κ3) is 3.25. The quantitative estimate of drug-likeness (QED) is 0.925. The second kappa shape index (κ2) is 5.75. The van der Waals surface area contributed by atoms with Crippen LogP contribution < -0.4 is 10.6 Å². The van der Waals surface area contributed by atoms with Gasteiger partial charge in [0.05, 0.1) is 11.4 Å². The Labute approximate surface area is 127 Å². The molecule has 0 aliphatic rings. The number of hydrogen-bond acceptors (Lipinski definition) is 3. The Morgan fingerprint density at radius 3 is 2.30 bits per heavy atom. The van der Waals surface area contributed by atoms with Crippen molar-refractivity contribution in [2.45, 2.75) is 26.2 Å². The fourth-order valence-corrected chi connectivity index (χ4v) is 1.87. The first-order valence-corrected chi connectivity index (χ1v) is 6.43. The molecule has 0 atom stereocenters. The van der Waals surface area contributed by atoms with Crippen LogP contribution in [0.4, 0.5) is 11.5 Å². The third-order valence-corrected chi connectivity index (χ3v) is 3.10. The number of halogens is 1. The highest BCUT2D eigenvalue weighted by Gasteiger charge is 2.19. The number of rotatable bonds is 2. The summed E-state index contributed by atoms with van der Waals surface area (Å²) in [6.07, 6.45) is 0. The summed E-state index contributed by atoms with van der Waals surface area (Å²) < 4.78 is 1.80. The van der Waals surface area contributed by atoms with Gasteiger partial charge in [0.25, 0.3) is 0 Å². The van der Waals surface area contributed by atoms with Crippen molar-refractivity contribution in [3.63, 3.8) is 0 Å². The van der Waals surface area contributed by atoms with Gasteiger partial charge in [-0.2, -0.15) is 5.10 Å². The summed E-state index contributed by atoms with van der Waals surface area (Å²) in [5.41, 5.74) is 9.20. The highest BCUT2D eigenvalue weighted by molar-refractivity contribution is 5.85. The third-order valence-electron chi connectivity index (χ3n) is 3.10. The van der Waals surface area contributed by atoms with Gasteiger partial charge in [0.1, 0.15) is 5.82 Å². The summed E-state index contributed by atoms with van der Waals surface area (Å²) in [6.45, 7) is 6.40. The van der Waals surface area contributed by atoms with Crippen molar-refractivity contribution in [2.75, 3.05) is 24.7 Å². The average Bonchev–Trinajstić information content (AvgIpc) is 2.71. The lowest BCUT2D eigenvalue weighted by Gasteiger charge is -2.15. The number of benzene rings is 1. The summed E-state index contributed by atoms with van der Waals surface area (Å²) in [5.74, 6) is 0.667. The zero-order chi connectivity index (χ0) is 14.2. The minimum Gasteiger partial charge on any atom is -0.384 e. The van der Waals surface area contributed by atoms with Gasteiger partial charge in [-0.3, -0.25) is 0 Å². The molecular formula is C15H23ClN4. The van der Waals surface area contributed by atoms with Crippen molar-refractivity contribution in [2.24, 2.45) is 0 Å². The Morgan fingerprint density at radius 1 is 1.15 bits per heavy atom. The second-order valence-electron chi connectivity index (χ2n) is 6.03. The monoisotopic (exact) mass is 294 g/mol. The minimum atomic E-state index is -0.00146. The molecule has 2 aromatic rings. The Hall–Kier alpha value is -1.68. The van der Waals surface area contributed by atoms with Gasteiger partial charge in [-0.25, -0.2) is 4.68 Å². The second-order valence-corrected chi connectivity index (χ2v) is 6.03. The first-order chi connectivity index (χ1) is 8.79.